The normalized spacial score (nSPS) is 12.4. The Bertz CT molecular complexity index is 95.0. The molecule has 0 unspecified atom stereocenters. The fourth-order valence-corrected chi connectivity index (χ4v) is 0.285. The minimum Gasteiger partial charge on any atom is -0.480 e. The van der Waals surface area contributed by atoms with Gasteiger partial charge in [-0.05, 0) is 5.92 Å². The maximum Gasteiger partial charge on any atom is 0.320 e. The van der Waals surface area contributed by atoms with Crippen molar-refractivity contribution in [3.8, 4) is 0 Å². The zero-order valence-corrected chi connectivity index (χ0v) is 6.59. The molecule has 0 heterocycles. The molecule has 56 valence electrons. The molecule has 0 aromatic carbocycles. The van der Waals surface area contributed by atoms with Gasteiger partial charge in [-0.25, -0.2) is 0 Å². The lowest BCUT2D eigenvalue weighted by atomic mass is 10.1. The number of nitrogens with two attached hydrogens (primary N) is 1. The second kappa shape index (κ2) is 4.64. The van der Waals surface area contributed by atoms with Gasteiger partial charge < -0.3 is 10.8 Å². The highest BCUT2D eigenvalue weighted by atomic mass is 32.1. The topological polar surface area (TPSA) is 63.3 Å². The first kappa shape index (κ1) is 11.6. The second-order valence-corrected chi connectivity index (χ2v) is 2.11. The first-order chi connectivity index (χ1) is 3.55. The van der Waals surface area contributed by atoms with Crippen molar-refractivity contribution in [2.45, 2.75) is 19.9 Å². The van der Waals surface area contributed by atoms with E-state index in [4.69, 9.17) is 10.8 Å². The van der Waals surface area contributed by atoms with Crippen molar-refractivity contribution < 1.29 is 9.90 Å². The molecule has 9 heavy (non-hydrogen) atoms. The van der Waals surface area contributed by atoms with Crippen LogP contribution in [0.3, 0.4) is 0 Å². The Morgan fingerprint density at radius 2 is 1.89 bits per heavy atom. The molecular weight excluding hydrogens is 138 g/mol. The van der Waals surface area contributed by atoms with E-state index in [0.717, 1.165) is 0 Å². The van der Waals surface area contributed by atoms with Gasteiger partial charge in [0.05, 0.1) is 0 Å². The van der Waals surface area contributed by atoms with Gasteiger partial charge in [-0.15, -0.1) is 0 Å². The van der Waals surface area contributed by atoms with Crippen LogP contribution in [0.25, 0.3) is 0 Å². The predicted molar refractivity (Wildman–Crippen MR) is 40.8 cm³/mol. The Morgan fingerprint density at radius 1 is 1.56 bits per heavy atom. The molecule has 0 fully saturated rings. The molecular formula is C5H13NO2S. The molecule has 4 heteroatoms. The van der Waals surface area contributed by atoms with Crippen molar-refractivity contribution in [3.05, 3.63) is 0 Å². The molecule has 0 saturated heterocycles. The quantitative estimate of drug-likeness (QED) is 0.591. The lowest BCUT2D eigenvalue weighted by Gasteiger charge is -2.07. The molecule has 0 amide bonds. The Balaban J connectivity index is 0. The van der Waals surface area contributed by atoms with E-state index >= 15 is 0 Å². The van der Waals surface area contributed by atoms with Crippen molar-refractivity contribution in [1.29, 1.82) is 0 Å². The first-order valence-corrected chi connectivity index (χ1v) is 2.54. The highest BCUT2D eigenvalue weighted by Crippen LogP contribution is 1.96. The summed E-state index contributed by atoms with van der Waals surface area (Å²) in [5, 5.41) is 8.23. The summed E-state index contributed by atoms with van der Waals surface area (Å²) in [5.41, 5.74) is 5.16. The van der Waals surface area contributed by atoms with Gasteiger partial charge in [0.25, 0.3) is 0 Å². The number of carbonyl (C=O) groups is 1. The van der Waals surface area contributed by atoms with Crippen molar-refractivity contribution in [2.24, 2.45) is 11.7 Å². The Hall–Kier alpha value is -0.220. The molecule has 0 aliphatic carbocycles. The molecule has 0 rings (SSSR count). The van der Waals surface area contributed by atoms with E-state index in [1.165, 1.54) is 0 Å². The third-order valence-corrected chi connectivity index (χ3v) is 1.00. The molecule has 0 aliphatic rings. The van der Waals surface area contributed by atoms with Crippen molar-refractivity contribution in [1.82, 2.24) is 0 Å². The molecule has 0 aliphatic heterocycles. The zero-order chi connectivity index (χ0) is 6.73. The van der Waals surface area contributed by atoms with E-state index in [0.29, 0.717) is 0 Å². The zero-order valence-electron chi connectivity index (χ0n) is 5.59. The van der Waals surface area contributed by atoms with Crippen LogP contribution < -0.4 is 5.73 Å². The molecule has 0 radical (unpaired) electrons. The molecule has 0 aromatic rings. The van der Waals surface area contributed by atoms with Crippen molar-refractivity contribution in [2.75, 3.05) is 0 Å². The number of carboxylic acid groups (broad SMARTS) is 1. The molecule has 1 atom stereocenters. The van der Waals surface area contributed by atoms with E-state index in [9.17, 15) is 4.79 Å². The minimum atomic E-state index is -0.931. The van der Waals surface area contributed by atoms with Crippen LogP contribution in [0, 0.1) is 5.92 Å². The van der Waals surface area contributed by atoms with Crippen LogP contribution in [0.15, 0.2) is 0 Å². The smallest absolute Gasteiger partial charge is 0.320 e. The third-order valence-electron chi connectivity index (χ3n) is 1.00. The van der Waals surface area contributed by atoms with Gasteiger partial charge in [0.1, 0.15) is 6.04 Å². The fraction of sp³-hybridized carbons (Fsp3) is 0.800. The van der Waals surface area contributed by atoms with Gasteiger partial charge >= 0.3 is 5.97 Å². The van der Waals surface area contributed by atoms with Gasteiger partial charge in [0.2, 0.25) is 0 Å². The molecule has 0 spiro atoms. The Kier molecular flexibility index (Phi) is 5.96. The highest BCUT2D eigenvalue weighted by Gasteiger charge is 2.14. The van der Waals surface area contributed by atoms with Crippen LogP contribution in [-0.2, 0) is 4.79 Å². The summed E-state index contributed by atoms with van der Waals surface area (Å²) in [6.45, 7) is 3.55. The van der Waals surface area contributed by atoms with E-state index < -0.39 is 12.0 Å². The van der Waals surface area contributed by atoms with Crippen LogP contribution in [0.4, 0.5) is 0 Å². The van der Waals surface area contributed by atoms with Crippen molar-refractivity contribution in [3.63, 3.8) is 0 Å². The molecule has 0 aromatic heterocycles. The van der Waals surface area contributed by atoms with Crippen LogP contribution >= 0.6 is 13.5 Å². The maximum absolute atomic E-state index is 10.0. The van der Waals surface area contributed by atoms with Gasteiger partial charge in [-0.3, -0.25) is 4.79 Å². The van der Waals surface area contributed by atoms with Gasteiger partial charge in [-0.1, -0.05) is 13.8 Å². The van der Waals surface area contributed by atoms with Gasteiger partial charge in [-0.2, -0.15) is 13.5 Å². The largest absolute Gasteiger partial charge is 0.480 e. The number of rotatable bonds is 2. The minimum absolute atomic E-state index is 0. The first-order valence-electron chi connectivity index (χ1n) is 2.54. The van der Waals surface area contributed by atoms with Crippen LogP contribution in [0.5, 0.6) is 0 Å². The number of hydrogen-bond acceptors (Lipinski definition) is 2. The summed E-state index contributed by atoms with van der Waals surface area (Å²) in [5.74, 6) is -0.910. The number of carboxylic acids is 1. The third kappa shape index (κ3) is 4.29. The van der Waals surface area contributed by atoms with E-state index in [1.54, 1.807) is 13.8 Å². The highest BCUT2D eigenvalue weighted by molar-refractivity contribution is 7.59. The summed E-state index contributed by atoms with van der Waals surface area (Å²) < 4.78 is 0. The summed E-state index contributed by atoms with van der Waals surface area (Å²) in [4.78, 5) is 10.0. The van der Waals surface area contributed by atoms with E-state index in [2.05, 4.69) is 0 Å². The van der Waals surface area contributed by atoms with Gasteiger partial charge in [0.15, 0.2) is 0 Å². The number of hydrogen-bond donors (Lipinski definition) is 2. The maximum atomic E-state index is 10.0. The molecule has 3 nitrogen and oxygen atoms in total. The van der Waals surface area contributed by atoms with Crippen LogP contribution in [-0.4, -0.2) is 17.1 Å². The summed E-state index contributed by atoms with van der Waals surface area (Å²) in [7, 11) is 0. The Labute approximate surface area is 61.7 Å². The molecule has 0 saturated carbocycles. The van der Waals surface area contributed by atoms with E-state index in [-0.39, 0.29) is 19.4 Å². The van der Waals surface area contributed by atoms with Crippen LogP contribution in [0.2, 0.25) is 0 Å². The Morgan fingerprint density at radius 3 is 1.89 bits per heavy atom. The monoisotopic (exact) mass is 151 g/mol. The summed E-state index contributed by atoms with van der Waals surface area (Å²) in [6, 6.07) is -0.713. The lowest BCUT2D eigenvalue weighted by molar-refractivity contribution is -0.139. The lowest BCUT2D eigenvalue weighted by Crippen LogP contribution is -2.34. The second-order valence-electron chi connectivity index (χ2n) is 2.11. The standard InChI is InChI=1S/C5H11NO2.H2S/c1-3(2)4(6)5(7)8;/h3-4H,6H2,1-2H3,(H,7,8);1H2/t4-;/m0./s1. The SMILES string of the molecule is CC(C)[C@H](N)C(=O)O.S. The summed E-state index contributed by atoms with van der Waals surface area (Å²) >= 11 is 0. The van der Waals surface area contributed by atoms with Crippen molar-refractivity contribution >= 4 is 19.5 Å². The van der Waals surface area contributed by atoms with Crippen LogP contribution in [0.1, 0.15) is 13.8 Å². The summed E-state index contributed by atoms with van der Waals surface area (Å²) in [6.07, 6.45) is 0. The number of aliphatic carboxylic acids is 1. The molecule has 0 bridgehead atoms. The fourth-order valence-electron chi connectivity index (χ4n) is 0.285. The predicted octanol–water partition coefficient (Wildman–Crippen LogP) is 0.167. The van der Waals surface area contributed by atoms with Gasteiger partial charge in [0, 0.05) is 0 Å². The average Bonchev–Trinajstić information content (AvgIpc) is 1.64. The average molecular weight is 151 g/mol. The molecule has 3 N–H and O–H groups in total. The van der Waals surface area contributed by atoms with E-state index in [1.807, 2.05) is 0 Å².